The lowest BCUT2D eigenvalue weighted by Crippen LogP contribution is -2.13. The molecule has 1 amide bonds. The second-order valence-corrected chi connectivity index (χ2v) is 2.66. The van der Waals surface area contributed by atoms with Crippen LogP contribution in [0.15, 0.2) is 30.9 Å². The first kappa shape index (κ1) is 10.9. The highest BCUT2D eigenvalue weighted by atomic mass is 19.1. The molecule has 5 heteroatoms. The molecule has 1 rings (SSSR count). The van der Waals surface area contributed by atoms with Crippen molar-refractivity contribution in [3.8, 4) is 0 Å². The molecule has 2 N–H and O–H groups in total. The van der Waals surface area contributed by atoms with Gasteiger partial charge in [-0.05, 0) is 18.2 Å². The fourth-order valence-electron chi connectivity index (χ4n) is 1.03. The molecule has 0 saturated carbocycles. The fraction of sp³-hybridized carbons (Fsp3) is 0. The van der Waals surface area contributed by atoms with E-state index in [1.807, 2.05) is 0 Å². The minimum atomic E-state index is -1.44. The van der Waals surface area contributed by atoms with Gasteiger partial charge in [0.15, 0.2) is 0 Å². The third-order valence-corrected chi connectivity index (χ3v) is 1.67. The van der Waals surface area contributed by atoms with Crippen LogP contribution in [0.5, 0.6) is 0 Å². The maximum Gasteiger partial charge on any atom is 0.340 e. The number of carboxylic acids is 1. The average Bonchev–Trinajstić information content (AvgIpc) is 2.17. The number of carbonyl (C=O) groups excluding carboxylic acids is 1. The standard InChI is InChI=1S/C10H8FNO3/c1-2-8(13)12-7-5-3-4-6(11)9(7)10(14)15/h2-5H,1H2,(H,12,13)(H,14,15). The van der Waals surface area contributed by atoms with E-state index in [1.165, 1.54) is 12.1 Å². The highest BCUT2D eigenvalue weighted by Gasteiger charge is 2.16. The number of rotatable bonds is 3. The Morgan fingerprint density at radius 3 is 2.67 bits per heavy atom. The number of carbonyl (C=O) groups is 2. The Kier molecular flexibility index (Phi) is 3.17. The maximum atomic E-state index is 13.1. The molecule has 0 unspecified atom stereocenters. The topological polar surface area (TPSA) is 66.4 Å². The zero-order chi connectivity index (χ0) is 11.4. The molecular weight excluding hydrogens is 201 g/mol. The van der Waals surface area contributed by atoms with Crippen LogP contribution in [0, 0.1) is 5.82 Å². The van der Waals surface area contributed by atoms with E-state index in [1.54, 1.807) is 0 Å². The van der Waals surface area contributed by atoms with Crippen LogP contribution in [0.25, 0.3) is 0 Å². The van der Waals surface area contributed by atoms with Gasteiger partial charge in [0.25, 0.3) is 0 Å². The molecule has 0 bridgehead atoms. The molecule has 0 aromatic heterocycles. The summed E-state index contributed by atoms with van der Waals surface area (Å²) in [4.78, 5) is 21.6. The Balaban J connectivity index is 3.17. The van der Waals surface area contributed by atoms with Crippen molar-refractivity contribution in [3.63, 3.8) is 0 Å². The Morgan fingerprint density at radius 1 is 1.47 bits per heavy atom. The Morgan fingerprint density at radius 2 is 2.13 bits per heavy atom. The van der Waals surface area contributed by atoms with Gasteiger partial charge in [-0.2, -0.15) is 0 Å². The number of anilines is 1. The molecule has 0 aliphatic rings. The van der Waals surface area contributed by atoms with Gasteiger partial charge < -0.3 is 10.4 Å². The van der Waals surface area contributed by atoms with Gasteiger partial charge in [-0.25, -0.2) is 9.18 Å². The zero-order valence-corrected chi connectivity index (χ0v) is 7.66. The molecule has 1 aromatic carbocycles. The number of halogens is 1. The zero-order valence-electron chi connectivity index (χ0n) is 7.66. The summed E-state index contributed by atoms with van der Waals surface area (Å²) >= 11 is 0. The van der Waals surface area contributed by atoms with E-state index in [0.717, 1.165) is 12.1 Å². The van der Waals surface area contributed by atoms with Crippen LogP contribution in [-0.4, -0.2) is 17.0 Å². The Bertz CT molecular complexity index is 429. The molecule has 0 aliphatic carbocycles. The fourth-order valence-corrected chi connectivity index (χ4v) is 1.03. The smallest absolute Gasteiger partial charge is 0.340 e. The molecule has 0 heterocycles. The molecule has 15 heavy (non-hydrogen) atoms. The SMILES string of the molecule is C=CC(=O)Nc1cccc(F)c1C(=O)O. The minimum absolute atomic E-state index is 0.0904. The van der Waals surface area contributed by atoms with Crippen molar-refractivity contribution in [1.82, 2.24) is 0 Å². The molecule has 0 fully saturated rings. The predicted molar refractivity (Wildman–Crippen MR) is 52.2 cm³/mol. The van der Waals surface area contributed by atoms with Gasteiger partial charge in [-0.15, -0.1) is 0 Å². The lowest BCUT2D eigenvalue weighted by atomic mass is 10.1. The van der Waals surface area contributed by atoms with Crippen molar-refractivity contribution in [3.05, 3.63) is 42.2 Å². The van der Waals surface area contributed by atoms with Gasteiger partial charge in [0, 0.05) is 0 Å². The van der Waals surface area contributed by atoms with Crippen LogP contribution in [0.3, 0.4) is 0 Å². The van der Waals surface area contributed by atoms with E-state index in [0.29, 0.717) is 0 Å². The first-order valence-corrected chi connectivity index (χ1v) is 4.01. The number of hydrogen-bond acceptors (Lipinski definition) is 2. The van der Waals surface area contributed by atoms with Crippen LogP contribution in [0.2, 0.25) is 0 Å². The van der Waals surface area contributed by atoms with Crippen molar-refractivity contribution in [1.29, 1.82) is 0 Å². The lowest BCUT2D eigenvalue weighted by Gasteiger charge is -2.06. The number of carboxylic acid groups (broad SMARTS) is 1. The highest BCUT2D eigenvalue weighted by Crippen LogP contribution is 2.18. The first-order chi connectivity index (χ1) is 7.06. The van der Waals surface area contributed by atoms with Gasteiger partial charge in [-0.3, -0.25) is 4.79 Å². The van der Waals surface area contributed by atoms with E-state index in [2.05, 4.69) is 11.9 Å². The van der Waals surface area contributed by atoms with E-state index >= 15 is 0 Å². The number of hydrogen-bond donors (Lipinski definition) is 2. The molecule has 0 atom stereocenters. The van der Waals surface area contributed by atoms with E-state index < -0.39 is 23.3 Å². The van der Waals surface area contributed by atoms with E-state index in [-0.39, 0.29) is 5.69 Å². The van der Waals surface area contributed by atoms with Crippen molar-refractivity contribution >= 4 is 17.6 Å². The monoisotopic (exact) mass is 209 g/mol. The number of benzene rings is 1. The largest absolute Gasteiger partial charge is 0.478 e. The number of aromatic carboxylic acids is 1. The predicted octanol–water partition coefficient (Wildman–Crippen LogP) is 1.65. The van der Waals surface area contributed by atoms with E-state index in [9.17, 15) is 14.0 Å². The van der Waals surface area contributed by atoms with Gasteiger partial charge >= 0.3 is 5.97 Å². The van der Waals surface area contributed by atoms with Crippen LogP contribution >= 0.6 is 0 Å². The van der Waals surface area contributed by atoms with Gasteiger partial charge in [0.05, 0.1) is 5.69 Å². The molecule has 0 saturated heterocycles. The maximum absolute atomic E-state index is 13.1. The van der Waals surface area contributed by atoms with Crippen LogP contribution < -0.4 is 5.32 Å². The summed E-state index contributed by atoms with van der Waals surface area (Å²) in [5, 5.41) is 10.9. The molecule has 1 aromatic rings. The quantitative estimate of drug-likeness (QED) is 0.744. The number of amides is 1. The Labute approximate surface area is 85.0 Å². The molecule has 0 radical (unpaired) electrons. The summed E-state index contributed by atoms with van der Waals surface area (Å²) in [6.45, 7) is 3.20. The Hall–Kier alpha value is -2.17. The summed E-state index contributed by atoms with van der Waals surface area (Å²) in [5.41, 5.74) is -0.653. The van der Waals surface area contributed by atoms with Crippen molar-refractivity contribution in [2.45, 2.75) is 0 Å². The van der Waals surface area contributed by atoms with Crippen LogP contribution in [-0.2, 0) is 4.79 Å². The molecular formula is C10H8FNO3. The molecule has 4 nitrogen and oxygen atoms in total. The van der Waals surface area contributed by atoms with Crippen molar-refractivity contribution in [2.24, 2.45) is 0 Å². The molecule has 78 valence electrons. The molecule has 0 aliphatic heterocycles. The summed E-state index contributed by atoms with van der Waals surface area (Å²) in [6, 6.07) is 3.61. The summed E-state index contributed by atoms with van der Waals surface area (Å²) in [6.07, 6.45) is 0.969. The third-order valence-electron chi connectivity index (χ3n) is 1.67. The normalized spacial score (nSPS) is 9.40. The van der Waals surface area contributed by atoms with Gasteiger partial charge in [0.1, 0.15) is 11.4 Å². The second kappa shape index (κ2) is 4.36. The van der Waals surface area contributed by atoms with Crippen LogP contribution in [0.1, 0.15) is 10.4 Å². The average molecular weight is 209 g/mol. The van der Waals surface area contributed by atoms with Crippen molar-refractivity contribution < 1.29 is 19.1 Å². The second-order valence-electron chi connectivity index (χ2n) is 2.66. The lowest BCUT2D eigenvalue weighted by molar-refractivity contribution is -0.111. The van der Waals surface area contributed by atoms with Crippen molar-refractivity contribution in [2.75, 3.05) is 5.32 Å². The number of nitrogens with one attached hydrogen (secondary N) is 1. The summed E-state index contributed by atoms with van der Waals surface area (Å²) in [5.74, 6) is -2.93. The van der Waals surface area contributed by atoms with Crippen LogP contribution in [0.4, 0.5) is 10.1 Å². The third kappa shape index (κ3) is 2.40. The van der Waals surface area contributed by atoms with Gasteiger partial charge in [0.2, 0.25) is 5.91 Å². The summed E-state index contributed by atoms with van der Waals surface area (Å²) in [7, 11) is 0. The van der Waals surface area contributed by atoms with E-state index in [4.69, 9.17) is 5.11 Å². The van der Waals surface area contributed by atoms with Gasteiger partial charge in [-0.1, -0.05) is 12.6 Å². The molecule has 0 spiro atoms. The summed E-state index contributed by atoms with van der Waals surface area (Å²) < 4.78 is 13.1. The first-order valence-electron chi connectivity index (χ1n) is 4.01. The highest BCUT2D eigenvalue weighted by molar-refractivity contribution is 6.04. The minimum Gasteiger partial charge on any atom is -0.478 e.